The van der Waals surface area contributed by atoms with E-state index in [1.165, 1.54) is 12.1 Å². The van der Waals surface area contributed by atoms with Crippen molar-refractivity contribution >= 4 is 35.0 Å². The second-order valence-electron chi connectivity index (χ2n) is 11.7. The van der Waals surface area contributed by atoms with E-state index in [0.29, 0.717) is 52.7 Å². The van der Waals surface area contributed by atoms with E-state index < -0.39 is 6.04 Å². The molecule has 3 aromatic rings. The number of benzene rings is 2. The van der Waals surface area contributed by atoms with Crippen molar-refractivity contribution in [2.45, 2.75) is 37.9 Å². The van der Waals surface area contributed by atoms with Crippen LogP contribution in [-0.4, -0.2) is 84.9 Å². The van der Waals surface area contributed by atoms with Crippen molar-refractivity contribution in [3.8, 4) is 0 Å². The predicted octanol–water partition coefficient (Wildman–Crippen LogP) is 3.69. The third-order valence-electron chi connectivity index (χ3n) is 9.03. The molecule has 2 atom stereocenters. The van der Waals surface area contributed by atoms with Crippen LogP contribution in [0.1, 0.15) is 57.7 Å². The van der Waals surface area contributed by atoms with Gasteiger partial charge in [-0.2, -0.15) is 0 Å². The van der Waals surface area contributed by atoms with E-state index in [4.69, 9.17) is 4.98 Å². The number of nitrogens with zero attached hydrogens (tertiary/aromatic N) is 6. The van der Waals surface area contributed by atoms with Crippen LogP contribution in [0.2, 0.25) is 0 Å². The molecule has 4 aliphatic rings. The Labute approximate surface area is 244 Å². The molecule has 42 heavy (non-hydrogen) atoms. The third kappa shape index (κ3) is 4.15. The lowest BCUT2D eigenvalue weighted by atomic mass is 9.94. The Bertz CT molecular complexity index is 1600. The number of carbonyl (C=O) groups excluding carboxylic acids is 3. The van der Waals surface area contributed by atoms with Gasteiger partial charge in [0.15, 0.2) is 5.82 Å². The standard InChI is InChI=1S/C32H33FN6O3/c1-19-30(40)36(3)25-13-14-26(34-29(25)38(19)22-11-12-22)39-28(20-7-9-21(33)10-8-20)23-5-4-6-24(27(23)32(39)42)31(41)37-17-15-35(2)16-18-37/h4-10,13-14,19,22,28H,11-12,15-18H2,1-3H3. The van der Waals surface area contributed by atoms with Crippen LogP contribution in [0.5, 0.6) is 0 Å². The van der Waals surface area contributed by atoms with Crippen LogP contribution in [0, 0.1) is 5.82 Å². The Hall–Kier alpha value is -4.31. The first kappa shape index (κ1) is 26.6. The Morgan fingerprint density at radius 3 is 2.33 bits per heavy atom. The maximum atomic E-state index is 14.4. The summed E-state index contributed by atoms with van der Waals surface area (Å²) in [5.41, 5.74) is 2.82. The molecule has 2 fully saturated rings. The average molecular weight is 569 g/mol. The molecule has 9 nitrogen and oxygen atoms in total. The van der Waals surface area contributed by atoms with Crippen LogP contribution in [-0.2, 0) is 4.79 Å². The van der Waals surface area contributed by atoms with Gasteiger partial charge in [0, 0.05) is 39.3 Å². The normalized spacial score (nSPS) is 22.5. The van der Waals surface area contributed by atoms with Gasteiger partial charge in [0.05, 0.1) is 22.9 Å². The topological polar surface area (TPSA) is 80.3 Å². The van der Waals surface area contributed by atoms with Crippen molar-refractivity contribution in [3.63, 3.8) is 0 Å². The van der Waals surface area contributed by atoms with E-state index in [1.807, 2.05) is 32.2 Å². The lowest BCUT2D eigenvalue weighted by Gasteiger charge is -2.40. The Balaban J connectivity index is 1.35. The second kappa shape index (κ2) is 9.90. The van der Waals surface area contributed by atoms with Gasteiger partial charge in [0.2, 0.25) is 5.91 Å². The SMILES string of the molecule is CC1C(=O)N(C)c2ccc(N3C(=O)c4c(C(=O)N5CCN(C)CC5)cccc4C3c3ccc(F)cc3)nc2N1C1CC1. The van der Waals surface area contributed by atoms with Gasteiger partial charge >= 0.3 is 0 Å². The number of piperazine rings is 1. The van der Waals surface area contributed by atoms with E-state index in [0.717, 1.165) is 25.9 Å². The monoisotopic (exact) mass is 568 g/mol. The van der Waals surface area contributed by atoms with Crippen molar-refractivity contribution in [3.05, 3.63) is 82.7 Å². The number of pyridine rings is 1. The van der Waals surface area contributed by atoms with Gasteiger partial charge in [-0.1, -0.05) is 24.3 Å². The highest BCUT2D eigenvalue weighted by Gasteiger charge is 2.45. The smallest absolute Gasteiger partial charge is 0.261 e. The van der Waals surface area contributed by atoms with Crippen molar-refractivity contribution in [1.82, 2.24) is 14.8 Å². The summed E-state index contributed by atoms with van der Waals surface area (Å²) in [5.74, 6) is 0.228. The number of carbonyl (C=O) groups is 3. The molecule has 2 unspecified atom stereocenters. The summed E-state index contributed by atoms with van der Waals surface area (Å²) in [6.45, 7) is 4.61. The Morgan fingerprint density at radius 1 is 0.929 bits per heavy atom. The number of likely N-dealkylation sites (N-methyl/N-ethyl adjacent to an activating group) is 2. The molecule has 1 saturated heterocycles. The summed E-state index contributed by atoms with van der Waals surface area (Å²) in [7, 11) is 3.78. The molecule has 1 aromatic heterocycles. The summed E-state index contributed by atoms with van der Waals surface area (Å²) >= 11 is 0. The van der Waals surface area contributed by atoms with Gasteiger partial charge in [0.25, 0.3) is 11.8 Å². The van der Waals surface area contributed by atoms with Gasteiger partial charge in [-0.3, -0.25) is 19.3 Å². The van der Waals surface area contributed by atoms with Gasteiger partial charge in [-0.15, -0.1) is 0 Å². The highest BCUT2D eigenvalue weighted by atomic mass is 19.1. The number of halogens is 1. The number of anilines is 3. The van der Waals surface area contributed by atoms with Crippen LogP contribution >= 0.6 is 0 Å². The third-order valence-corrected chi connectivity index (χ3v) is 9.03. The van der Waals surface area contributed by atoms with Crippen molar-refractivity contribution in [2.75, 3.05) is 55.0 Å². The quantitative estimate of drug-likeness (QED) is 0.478. The molecular formula is C32H33FN6O3. The number of fused-ring (bicyclic) bond motifs is 2. The summed E-state index contributed by atoms with van der Waals surface area (Å²) < 4.78 is 14.0. The minimum atomic E-state index is -0.603. The molecule has 0 spiro atoms. The zero-order chi connectivity index (χ0) is 29.3. The molecule has 1 saturated carbocycles. The van der Waals surface area contributed by atoms with Gasteiger partial charge in [-0.05, 0) is 68.3 Å². The van der Waals surface area contributed by atoms with E-state index in [9.17, 15) is 18.8 Å². The first-order valence-electron chi connectivity index (χ1n) is 14.5. The van der Waals surface area contributed by atoms with E-state index >= 15 is 0 Å². The van der Waals surface area contributed by atoms with Gasteiger partial charge in [-0.25, -0.2) is 9.37 Å². The molecule has 4 heterocycles. The van der Waals surface area contributed by atoms with Gasteiger partial charge < -0.3 is 19.6 Å². The lowest BCUT2D eigenvalue weighted by Crippen LogP contribution is -2.52. The molecule has 2 aromatic carbocycles. The molecule has 3 amide bonds. The number of amides is 3. The Morgan fingerprint density at radius 2 is 1.64 bits per heavy atom. The predicted molar refractivity (Wildman–Crippen MR) is 158 cm³/mol. The number of hydrogen-bond acceptors (Lipinski definition) is 6. The zero-order valence-corrected chi connectivity index (χ0v) is 24.0. The number of rotatable bonds is 4. The molecule has 0 bridgehead atoms. The van der Waals surface area contributed by atoms with E-state index in [-0.39, 0.29) is 35.6 Å². The maximum absolute atomic E-state index is 14.4. The highest BCUT2D eigenvalue weighted by molar-refractivity contribution is 6.17. The fraction of sp³-hybridized carbons (Fsp3) is 0.375. The minimum Gasteiger partial charge on any atom is -0.340 e. The summed E-state index contributed by atoms with van der Waals surface area (Å²) in [6.07, 6.45) is 1.97. The number of aromatic nitrogens is 1. The van der Waals surface area contributed by atoms with Crippen molar-refractivity contribution in [2.24, 2.45) is 0 Å². The van der Waals surface area contributed by atoms with E-state index in [1.54, 1.807) is 46.0 Å². The van der Waals surface area contributed by atoms with Crippen LogP contribution < -0.4 is 14.7 Å². The lowest BCUT2D eigenvalue weighted by molar-refractivity contribution is -0.119. The minimum absolute atomic E-state index is 0.00449. The van der Waals surface area contributed by atoms with Crippen LogP contribution in [0.3, 0.4) is 0 Å². The van der Waals surface area contributed by atoms with Gasteiger partial charge in [0.1, 0.15) is 17.7 Å². The van der Waals surface area contributed by atoms with Crippen molar-refractivity contribution in [1.29, 1.82) is 0 Å². The first-order chi connectivity index (χ1) is 20.2. The largest absolute Gasteiger partial charge is 0.340 e. The fourth-order valence-corrected chi connectivity index (χ4v) is 6.54. The molecule has 216 valence electrons. The molecule has 7 rings (SSSR count). The summed E-state index contributed by atoms with van der Waals surface area (Å²) in [5, 5.41) is 0. The average Bonchev–Trinajstić information content (AvgIpc) is 3.79. The Kier molecular flexibility index (Phi) is 6.27. The van der Waals surface area contributed by atoms with Crippen LogP contribution in [0.25, 0.3) is 0 Å². The van der Waals surface area contributed by atoms with Crippen molar-refractivity contribution < 1.29 is 18.8 Å². The molecule has 1 aliphatic carbocycles. The fourth-order valence-electron chi connectivity index (χ4n) is 6.54. The summed E-state index contributed by atoms with van der Waals surface area (Å²) in [4.78, 5) is 55.6. The maximum Gasteiger partial charge on any atom is 0.261 e. The molecule has 0 radical (unpaired) electrons. The summed E-state index contributed by atoms with van der Waals surface area (Å²) in [6, 6.07) is 14.4. The highest BCUT2D eigenvalue weighted by Crippen LogP contribution is 2.46. The molecule has 0 N–H and O–H groups in total. The second-order valence-corrected chi connectivity index (χ2v) is 11.7. The van der Waals surface area contributed by atoms with Crippen LogP contribution in [0.15, 0.2) is 54.6 Å². The number of hydrogen-bond donors (Lipinski definition) is 0. The first-order valence-corrected chi connectivity index (χ1v) is 14.5. The molecular weight excluding hydrogens is 535 g/mol. The zero-order valence-electron chi connectivity index (χ0n) is 24.0. The molecule has 10 heteroatoms. The molecule has 3 aliphatic heterocycles. The van der Waals surface area contributed by atoms with E-state index in [2.05, 4.69) is 9.80 Å². The van der Waals surface area contributed by atoms with Crippen LogP contribution in [0.4, 0.5) is 21.7 Å².